The molecule has 0 heterocycles. The molecular weight excluding hydrogens is 170 g/mol. The number of fused-ring (bicyclic) bond motifs is 1. The van der Waals surface area contributed by atoms with E-state index in [0.29, 0.717) is 6.42 Å². The Labute approximate surface area is 83.6 Å². The molecule has 0 N–H and O–H groups in total. The van der Waals surface area contributed by atoms with E-state index in [1.165, 1.54) is 16.3 Å². The molecule has 1 heteroatoms. The van der Waals surface area contributed by atoms with Gasteiger partial charge in [0, 0.05) is 0 Å². The van der Waals surface area contributed by atoms with Gasteiger partial charge >= 0.3 is 0 Å². The second-order valence-corrected chi connectivity index (χ2v) is 3.47. The van der Waals surface area contributed by atoms with Crippen LogP contribution in [0.4, 0.5) is 0 Å². The minimum atomic E-state index is 0.490. The Morgan fingerprint density at radius 3 is 2.86 bits per heavy atom. The lowest BCUT2D eigenvalue weighted by atomic mass is 10.0. The minimum absolute atomic E-state index is 0.490. The van der Waals surface area contributed by atoms with Crippen molar-refractivity contribution in [3.63, 3.8) is 0 Å². The van der Waals surface area contributed by atoms with E-state index < -0.39 is 0 Å². The van der Waals surface area contributed by atoms with Gasteiger partial charge in [0.05, 0.1) is 12.5 Å². The molecule has 14 heavy (non-hydrogen) atoms. The molecule has 2 aromatic carbocycles. The predicted octanol–water partition coefficient (Wildman–Crippen LogP) is 3.21. The highest BCUT2D eigenvalue weighted by Gasteiger charge is 1.98. The summed E-state index contributed by atoms with van der Waals surface area (Å²) >= 11 is 0. The standard InChI is InChI=1S/C13H11N/c1-10-3-2-4-12-6-5-11(7-8-14)9-13(10)12/h2-6,9H,7H2,1H3. The maximum absolute atomic E-state index is 8.61. The number of nitrogens with zero attached hydrogens (tertiary/aromatic N) is 1. The van der Waals surface area contributed by atoms with Crippen molar-refractivity contribution in [1.82, 2.24) is 0 Å². The first-order valence-corrected chi connectivity index (χ1v) is 4.66. The average molecular weight is 181 g/mol. The van der Waals surface area contributed by atoms with Crippen LogP contribution in [0.3, 0.4) is 0 Å². The van der Waals surface area contributed by atoms with Gasteiger partial charge in [0.15, 0.2) is 0 Å². The van der Waals surface area contributed by atoms with E-state index in [1.807, 2.05) is 6.07 Å². The van der Waals surface area contributed by atoms with Crippen LogP contribution in [0, 0.1) is 18.3 Å². The van der Waals surface area contributed by atoms with Crippen LogP contribution in [0.5, 0.6) is 0 Å². The van der Waals surface area contributed by atoms with Crippen molar-refractivity contribution >= 4 is 10.8 Å². The van der Waals surface area contributed by atoms with E-state index in [0.717, 1.165) is 5.56 Å². The number of hydrogen-bond donors (Lipinski definition) is 0. The van der Waals surface area contributed by atoms with Gasteiger partial charge in [0.1, 0.15) is 0 Å². The fourth-order valence-corrected chi connectivity index (χ4v) is 1.68. The van der Waals surface area contributed by atoms with Crippen molar-refractivity contribution in [3.05, 3.63) is 47.5 Å². The largest absolute Gasteiger partial charge is 0.198 e. The third-order valence-electron chi connectivity index (χ3n) is 2.45. The molecular formula is C13H11N. The van der Waals surface area contributed by atoms with Crippen molar-refractivity contribution in [2.24, 2.45) is 0 Å². The van der Waals surface area contributed by atoms with Gasteiger partial charge in [-0.05, 0) is 34.9 Å². The fraction of sp³-hybridized carbons (Fsp3) is 0.154. The first-order chi connectivity index (χ1) is 6.81. The summed E-state index contributed by atoms with van der Waals surface area (Å²) in [4.78, 5) is 0. The second kappa shape index (κ2) is 3.51. The van der Waals surface area contributed by atoms with Crippen LogP contribution in [-0.4, -0.2) is 0 Å². The molecule has 0 spiro atoms. The van der Waals surface area contributed by atoms with Crippen LogP contribution in [0.2, 0.25) is 0 Å². The number of nitriles is 1. The van der Waals surface area contributed by atoms with Gasteiger partial charge in [-0.25, -0.2) is 0 Å². The summed E-state index contributed by atoms with van der Waals surface area (Å²) in [6.07, 6.45) is 0.490. The van der Waals surface area contributed by atoms with E-state index in [9.17, 15) is 0 Å². The highest BCUT2D eigenvalue weighted by Crippen LogP contribution is 2.19. The van der Waals surface area contributed by atoms with Gasteiger partial charge in [-0.1, -0.05) is 30.3 Å². The number of aryl methyl sites for hydroxylation is 1. The molecule has 0 fully saturated rings. The molecule has 2 aromatic rings. The number of benzene rings is 2. The number of hydrogen-bond acceptors (Lipinski definition) is 1. The summed E-state index contributed by atoms with van der Waals surface area (Å²) in [5.74, 6) is 0. The van der Waals surface area contributed by atoms with E-state index in [4.69, 9.17) is 5.26 Å². The van der Waals surface area contributed by atoms with Crippen molar-refractivity contribution in [1.29, 1.82) is 5.26 Å². The molecule has 0 aliphatic rings. The minimum Gasteiger partial charge on any atom is -0.198 e. The Kier molecular flexibility index (Phi) is 2.20. The molecule has 2 rings (SSSR count). The Hall–Kier alpha value is -1.81. The first kappa shape index (κ1) is 8.77. The van der Waals surface area contributed by atoms with Crippen molar-refractivity contribution in [2.45, 2.75) is 13.3 Å². The smallest absolute Gasteiger partial charge is 0.0669 e. The summed E-state index contributed by atoms with van der Waals surface area (Å²) in [7, 11) is 0. The van der Waals surface area contributed by atoms with Crippen LogP contribution >= 0.6 is 0 Å². The lowest BCUT2D eigenvalue weighted by molar-refractivity contribution is 1.27. The third-order valence-corrected chi connectivity index (χ3v) is 2.45. The van der Waals surface area contributed by atoms with Gasteiger partial charge in [0.2, 0.25) is 0 Å². The fourth-order valence-electron chi connectivity index (χ4n) is 1.68. The van der Waals surface area contributed by atoms with E-state index in [2.05, 4.69) is 43.3 Å². The highest BCUT2D eigenvalue weighted by molar-refractivity contribution is 5.86. The second-order valence-electron chi connectivity index (χ2n) is 3.47. The summed E-state index contributed by atoms with van der Waals surface area (Å²) in [5, 5.41) is 11.1. The lowest BCUT2D eigenvalue weighted by Crippen LogP contribution is -1.83. The Bertz CT molecular complexity index is 506. The maximum Gasteiger partial charge on any atom is 0.0669 e. The summed E-state index contributed by atoms with van der Waals surface area (Å²) in [5.41, 5.74) is 2.36. The lowest BCUT2D eigenvalue weighted by Gasteiger charge is -2.03. The molecule has 0 aromatic heterocycles. The summed E-state index contributed by atoms with van der Waals surface area (Å²) in [6.45, 7) is 2.10. The quantitative estimate of drug-likeness (QED) is 0.662. The van der Waals surface area contributed by atoms with Gasteiger partial charge in [-0.3, -0.25) is 0 Å². The van der Waals surface area contributed by atoms with Crippen LogP contribution in [0.1, 0.15) is 11.1 Å². The van der Waals surface area contributed by atoms with Crippen LogP contribution in [0.25, 0.3) is 10.8 Å². The van der Waals surface area contributed by atoms with E-state index >= 15 is 0 Å². The Morgan fingerprint density at radius 1 is 1.21 bits per heavy atom. The zero-order valence-electron chi connectivity index (χ0n) is 8.12. The van der Waals surface area contributed by atoms with Gasteiger partial charge < -0.3 is 0 Å². The molecule has 0 saturated heterocycles. The van der Waals surface area contributed by atoms with Crippen molar-refractivity contribution in [2.75, 3.05) is 0 Å². The molecule has 0 saturated carbocycles. The molecule has 0 amide bonds. The molecule has 0 atom stereocenters. The van der Waals surface area contributed by atoms with Crippen molar-refractivity contribution in [3.8, 4) is 6.07 Å². The van der Waals surface area contributed by atoms with Crippen LogP contribution in [-0.2, 0) is 6.42 Å². The molecule has 0 bridgehead atoms. The van der Waals surface area contributed by atoms with Crippen LogP contribution < -0.4 is 0 Å². The zero-order chi connectivity index (χ0) is 9.97. The molecule has 0 aliphatic heterocycles. The molecule has 68 valence electrons. The first-order valence-electron chi connectivity index (χ1n) is 4.66. The SMILES string of the molecule is Cc1cccc2ccc(CC#N)cc12. The van der Waals surface area contributed by atoms with E-state index in [1.54, 1.807) is 0 Å². The Morgan fingerprint density at radius 2 is 2.07 bits per heavy atom. The predicted molar refractivity (Wildman–Crippen MR) is 58.0 cm³/mol. The molecule has 0 unspecified atom stereocenters. The average Bonchev–Trinajstić information content (AvgIpc) is 2.20. The maximum atomic E-state index is 8.61. The zero-order valence-corrected chi connectivity index (χ0v) is 8.12. The van der Waals surface area contributed by atoms with Gasteiger partial charge in [-0.15, -0.1) is 0 Å². The van der Waals surface area contributed by atoms with Gasteiger partial charge in [0.25, 0.3) is 0 Å². The van der Waals surface area contributed by atoms with E-state index in [-0.39, 0.29) is 0 Å². The van der Waals surface area contributed by atoms with Crippen molar-refractivity contribution < 1.29 is 0 Å². The number of rotatable bonds is 1. The highest BCUT2D eigenvalue weighted by atomic mass is 14.2. The Balaban J connectivity index is 2.65. The normalized spacial score (nSPS) is 10.0. The monoisotopic (exact) mass is 181 g/mol. The summed E-state index contributed by atoms with van der Waals surface area (Å²) < 4.78 is 0. The van der Waals surface area contributed by atoms with Gasteiger partial charge in [-0.2, -0.15) is 5.26 Å². The summed E-state index contributed by atoms with van der Waals surface area (Å²) in [6, 6.07) is 14.6. The molecule has 1 nitrogen and oxygen atoms in total. The van der Waals surface area contributed by atoms with Crippen LogP contribution in [0.15, 0.2) is 36.4 Å². The third kappa shape index (κ3) is 1.47. The topological polar surface area (TPSA) is 23.8 Å². The molecule has 0 aliphatic carbocycles. The molecule has 0 radical (unpaired) electrons.